The molecule has 2 aliphatic rings. The third kappa shape index (κ3) is 5.34. The predicted octanol–water partition coefficient (Wildman–Crippen LogP) is 3.97. The quantitative estimate of drug-likeness (QED) is 0.725. The molecule has 6 nitrogen and oxygen atoms in total. The first-order valence-corrected chi connectivity index (χ1v) is 11.2. The van der Waals surface area contributed by atoms with Crippen molar-refractivity contribution in [3.05, 3.63) is 21.4 Å². The first-order valence-electron chi connectivity index (χ1n) is 10.4. The molecule has 2 N–H and O–H groups in total. The van der Waals surface area contributed by atoms with Crippen molar-refractivity contribution >= 4 is 29.2 Å². The Morgan fingerprint density at radius 2 is 1.96 bits per heavy atom. The molecule has 0 spiro atoms. The molecule has 0 unspecified atom stereocenters. The number of aryl methyl sites for hydroxylation is 1. The predicted molar refractivity (Wildman–Crippen MR) is 109 cm³/mol. The monoisotopic (exact) mass is 406 g/mol. The topological polar surface area (TPSA) is 84.5 Å². The molecule has 0 bridgehead atoms. The fourth-order valence-corrected chi connectivity index (χ4v) is 5.09. The summed E-state index contributed by atoms with van der Waals surface area (Å²) in [5.41, 5.74) is 1.24. The van der Waals surface area contributed by atoms with Crippen molar-refractivity contribution in [3.63, 3.8) is 0 Å². The Labute approximate surface area is 170 Å². The standard InChI is InChI=1S/C21H30N2O4S/c1-3-14-9-10-17-15(11-14)12-18(28-17)20(25)27-13(2)19(24)23-21(26)22-16-7-5-4-6-8-16/h12-14,16H,3-11H2,1-2H3,(H2,22,23,24,26)/t13-,14+/m0/s1. The fourth-order valence-electron chi connectivity index (χ4n) is 4.00. The average Bonchev–Trinajstić information content (AvgIpc) is 3.11. The summed E-state index contributed by atoms with van der Waals surface area (Å²) in [6, 6.07) is 1.51. The minimum atomic E-state index is -1.02. The largest absolute Gasteiger partial charge is 0.448 e. The van der Waals surface area contributed by atoms with Crippen LogP contribution in [0.4, 0.5) is 4.79 Å². The van der Waals surface area contributed by atoms with Gasteiger partial charge in [-0.2, -0.15) is 0 Å². The molecule has 2 aliphatic carbocycles. The number of esters is 1. The van der Waals surface area contributed by atoms with Crippen LogP contribution in [-0.2, 0) is 22.4 Å². The van der Waals surface area contributed by atoms with E-state index >= 15 is 0 Å². The first kappa shape index (κ1) is 20.8. The van der Waals surface area contributed by atoms with Crippen LogP contribution in [0.5, 0.6) is 0 Å². The Hall–Kier alpha value is -1.89. The molecule has 7 heteroatoms. The van der Waals surface area contributed by atoms with Crippen molar-refractivity contribution < 1.29 is 19.1 Å². The second-order valence-corrected chi connectivity index (χ2v) is 9.06. The van der Waals surface area contributed by atoms with Crippen molar-refractivity contribution in [2.75, 3.05) is 0 Å². The van der Waals surface area contributed by atoms with Gasteiger partial charge in [0, 0.05) is 10.9 Å². The van der Waals surface area contributed by atoms with Gasteiger partial charge < -0.3 is 10.1 Å². The molecule has 0 radical (unpaired) electrons. The fraction of sp³-hybridized carbons (Fsp3) is 0.667. The number of rotatable bonds is 5. The van der Waals surface area contributed by atoms with Crippen LogP contribution in [0.15, 0.2) is 6.07 Å². The second-order valence-electron chi connectivity index (χ2n) is 7.92. The summed E-state index contributed by atoms with van der Waals surface area (Å²) < 4.78 is 5.30. The van der Waals surface area contributed by atoms with Gasteiger partial charge in [-0.05, 0) is 56.6 Å². The number of urea groups is 1. The van der Waals surface area contributed by atoms with E-state index in [2.05, 4.69) is 17.6 Å². The summed E-state index contributed by atoms with van der Waals surface area (Å²) in [5.74, 6) is -0.421. The van der Waals surface area contributed by atoms with E-state index in [4.69, 9.17) is 4.74 Å². The summed E-state index contributed by atoms with van der Waals surface area (Å²) in [5, 5.41) is 5.11. The summed E-state index contributed by atoms with van der Waals surface area (Å²) in [6.45, 7) is 3.68. The Bertz CT molecular complexity index is 724. The molecule has 3 rings (SSSR count). The van der Waals surface area contributed by atoms with Crippen molar-refractivity contribution in [2.45, 2.75) is 83.8 Å². The third-order valence-electron chi connectivity index (χ3n) is 5.79. The summed E-state index contributed by atoms with van der Waals surface area (Å²) in [4.78, 5) is 38.4. The molecule has 1 aromatic rings. The van der Waals surface area contributed by atoms with Crippen LogP contribution >= 0.6 is 11.3 Å². The molecule has 0 aromatic carbocycles. The SMILES string of the molecule is CC[C@@H]1CCc2sc(C(=O)O[C@@H](C)C(=O)NC(=O)NC3CCCCC3)cc2C1. The third-order valence-corrected chi connectivity index (χ3v) is 7.01. The van der Waals surface area contributed by atoms with Crippen LogP contribution in [0.3, 0.4) is 0 Å². The Kier molecular flexibility index (Phi) is 7.10. The second kappa shape index (κ2) is 9.54. The number of imide groups is 1. The van der Waals surface area contributed by atoms with Crippen LogP contribution in [0.1, 0.15) is 78.9 Å². The summed E-state index contributed by atoms with van der Waals surface area (Å²) in [6.07, 6.45) is 8.55. The molecule has 3 amide bonds. The van der Waals surface area contributed by atoms with Gasteiger partial charge in [0.1, 0.15) is 4.88 Å². The molecular weight excluding hydrogens is 376 g/mol. The molecule has 1 fully saturated rings. The zero-order valence-corrected chi connectivity index (χ0v) is 17.5. The minimum Gasteiger partial charge on any atom is -0.448 e. The molecule has 0 aliphatic heterocycles. The lowest BCUT2D eigenvalue weighted by Crippen LogP contribution is -2.48. The van der Waals surface area contributed by atoms with E-state index in [0.717, 1.165) is 51.4 Å². The van der Waals surface area contributed by atoms with Crippen molar-refractivity contribution in [1.82, 2.24) is 10.6 Å². The lowest BCUT2D eigenvalue weighted by Gasteiger charge is -2.23. The van der Waals surface area contributed by atoms with Crippen molar-refractivity contribution in [2.24, 2.45) is 5.92 Å². The van der Waals surface area contributed by atoms with Crippen LogP contribution < -0.4 is 10.6 Å². The van der Waals surface area contributed by atoms with Crippen LogP contribution in [0, 0.1) is 5.92 Å². The average molecular weight is 407 g/mol. The number of hydrogen-bond donors (Lipinski definition) is 2. The highest BCUT2D eigenvalue weighted by atomic mass is 32.1. The highest BCUT2D eigenvalue weighted by molar-refractivity contribution is 7.14. The van der Waals surface area contributed by atoms with E-state index in [-0.39, 0.29) is 6.04 Å². The van der Waals surface area contributed by atoms with Crippen LogP contribution in [0.25, 0.3) is 0 Å². The van der Waals surface area contributed by atoms with E-state index in [1.165, 1.54) is 35.1 Å². The van der Waals surface area contributed by atoms with Gasteiger partial charge >= 0.3 is 12.0 Å². The van der Waals surface area contributed by atoms with E-state index in [9.17, 15) is 14.4 Å². The molecule has 154 valence electrons. The number of hydrogen-bond acceptors (Lipinski definition) is 5. The Morgan fingerprint density at radius 3 is 2.68 bits per heavy atom. The number of carbonyl (C=O) groups excluding carboxylic acids is 3. The van der Waals surface area contributed by atoms with Gasteiger partial charge in [0.05, 0.1) is 0 Å². The molecule has 0 saturated heterocycles. The van der Waals surface area contributed by atoms with Gasteiger partial charge in [0.25, 0.3) is 5.91 Å². The lowest BCUT2D eigenvalue weighted by atomic mass is 9.87. The number of thiophene rings is 1. The summed E-state index contributed by atoms with van der Waals surface area (Å²) in [7, 11) is 0. The number of amides is 3. The highest BCUT2D eigenvalue weighted by Crippen LogP contribution is 2.33. The van der Waals surface area contributed by atoms with Crippen molar-refractivity contribution in [3.8, 4) is 0 Å². The van der Waals surface area contributed by atoms with Crippen molar-refractivity contribution in [1.29, 1.82) is 0 Å². The molecule has 1 heterocycles. The zero-order chi connectivity index (χ0) is 20.1. The summed E-state index contributed by atoms with van der Waals surface area (Å²) >= 11 is 1.46. The van der Waals surface area contributed by atoms with Gasteiger partial charge in [0.2, 0.25) is 0 Å². The smallest absolute Gasteiger partial charge is 0.349 e. The highest BCUT2D eigenvalue weighted by Gasteiger charge is 2.26. The van der Waals surface area contributed by atoms with E-state index < -0.39 is 24.0 Å². The zero-order valence-electron chi connectivity index (χ0n) is 16.7. The number of fused-ring (bicyclic) bond motifs is 1. The molecule has 28 heavy (non-hydrogen) atoms. The maximum atomic E-state index is 12.4. The molecule has 2 atom stereocenters. The maximum absolute atomic E-state index is 12.4. The van der Waals surface area contributed by atoms with E-state index in [1.807, 2.05) is 6.07 Å². The van der Waals surface area contributed by atoms with Gasteiger partial charge in [0.15, 0.2) is 6.10 Å². The molecular formula is C21H30N2O4S. The van der Waals surface area contributed by atoms with Gasteiger partial charge in [-0.25, -0.2) is 9.59 Å². The number of ether oxygens (including phenoxy) is 1. The first-order chi connectivity index (χ1) is 13.5. The Balaban J connectivity index is 1.49. The molecule has 1 aromatic heterocycles. The molecule has 1 saturated carbocycles. The Morgan fingerprint density at radius 1 is 1.21 bits per heavy atom. The van der Waals surface area contributed by atoms with Gasteiger partial charge in [-0.3, -0.25) is 10.1 Å². The maximum Gasteiger partial charge on any atom is 0.349 e. The van der Waals surface area contributed by atoms with Gasteiger partial charge in [-0.15, -0.1) is 11.3 Å². The van der Waals surface area contributed by atoms with Crippen LogP contribution in [-0.4, -0.2) is 30.1 Å². The normalized spacial score (nSPS) is 20.7. The van der Waals surface area contributed by atoms with E-state index in [0.29, 0.717) is 10.8 Å². The minimum absolute atomic E-state index is 0.115. The van der Waals surface area contributed by atoms with E-state index in [1.54, 1.807) is 0 Å². The van der Waals surface area contributed by atoms with Gasteiger partial charge in [-0.1, -0.05) is 32.6 Å². The number of carbonyl (C=O) groups is 3. The van der Waals surface area contributed by atoms with Crippen LogP contribution in [0.2, 0.25) is 0 Å². The lowest BCUT2D eigenvalue weighted by molar-refractivity contribution is -0.127. The number of nitrogens with one attached hydrogen (secondary N) is 2.